The van der Waals surface area contributed by atoms with Crippen LogP contribution in [0.5, 0.6) is 5.75 Å². The maximum atomic E-state index is 12.6. The van der Waals surface area contributed by atoms with Gasteiger partial charge in [0.15, 0.2) is 0 Å². The molecule has 0 spiro atoms. The van der Waals surface area contributed by atoms with Crippen molar-refractivity contribution in [3.8, 4) is 5.75 Å². The standard InChI is InChI=1S/C21H26ClN3O2/c1-23(15-17-6-5-7-18(14-17)27-2)21(26)16-24-10-12-25(13-11-24)20-9-4-3-8-19(20)22/h3-9,14H,10-13,15-16H2,1-2H3. The van der Waals surface area contributed by atoms with Crippen LogP contribution in [0.15, 0.2) is 48.5 Å². The molecule has 0 aliphatic carbocycles. The summed E-state index contributed by atoms with van der Waals surface area (Å²) >= 11 is 6.29. The molecule has 1 aliphatic rings. The fraction of sp³-hybridized carbons (Fsp3) is 0.381. The van der Waals surface area contributed by atoms with E-state index in [0.717, 1.165) is 48.2 Å². The number of hydrogen-bond donors (Lipinski definition) is 0. The lowest BCUT2D eigenvalue weighted by atomic mass is 10.2. The summed E-state index contributed by atoms with van der Waals surface area (Å²) in [5.74, 6) is 0.938. The van der Waals surface area contributed by atoms with Crippen LogP contribution < -0.4 is 9.64 Å². The molecule has 1 aliphatic heterocycles. The lowest BCUT2D eigenvalue weighted by molar-refractivity contribution is -0.131. The van der Waals surface area contributed by atoms with Gasteiger partial charge in [0.05, 0.1) is 24.4 Å². The molecule has 1 heterocycles. The van der Waals surface area contributed by atoms with Gasteiger partial charge in [-0.3, -0.25) is 9.69 Å². The highest BCUT2D eigenvalue weighted by atomic mass is 35.5. The van der Waals surface area contributed by atoms with Crippen LogP contribution in [0.3, 0.4) is 0 Å². The molecule has 2 aromatic rings. The van der Waals surface area contributed by atoms with E-state index in [1.165, 1.54) is 0 Å². The van der Waals surface area contributed by atoms with Crippen molar-refractivity contribution in [3.63, 3.8) is 0 Å². The van der Waals surface area contributed by atoms with E-state index in [1.54, 1.807) is 12.0 Å². The van der Waals surface area contributed by atoms with Gasteiger partial charge < -0.3 is 14.5 Å². The van der Waals surface area contributed by atoms with E-state index in [0.29, 0.717) is 13.1 Å². The summed E-state index contributed by atoms with van der Waals surface area (Å²) in [5.41, 5.74) is 2.13. The molecular formula is C21H26ClN3O2. The molecule has 0 N–H and O–H groups in total. The second-order valence-corrected chi connectivity index (χ2v) is 7.22. The van der Waals surface area contributed by atoms with Crippen molar-refractivity contribution in [3.05, 3.63) is 59.1 Å². The lowest BCUT2D eigenvalue weighted by Crippen LogP contribution is -2.49. The summed E-state index contributed by atoms with van der Waals surface area (Å²) in [6, 6.07) is 15.7. The second kappa shape index (κ2) is 9.11. The Balaban J connectivity index is 1.49. The monoisotopic (exact) mass is 387 g/mol. The molecular weight excluding hydrogens is 362 g/mol. The minimum atomic E-state index is 0.129. The molecule has 0 radical (unpaired) electrons. The van der Waals surface area contributed by atoms with Crippen LogP contribution in [-0.2, 0) is 11.3 Å². The van der Waals surface area contributed by atoms with Crippen molar-refractivity contribution in [2.75, 3.05) is 51.8 Å². The Morgan fingerprint density at radius 3 is 2.56 bits per heavy atom. The van der Waals surface area contributed by atoms with Gasteiger partial charge in [0.25, 0.3) is 0 Å². The highest BCUT2D eigenvalue weighted by molar-refractivity contribution is 6.33. The van der Waals surface area contributed by atoms with Gasteiger partial charge >= 0.3 is 0 Å². The van der Waals surface area contributed by atoms with E-state index in [9.17, 15) is 4.79 Å². The molecule has 6 heteroatoms. The van der Waals surface area contributed by atoms with Gasteiger partial charge in [-0.15, -0.1) is 0 Å². The van der Waals surface area contributed by atoms with Crippen molar-refractivity contribution in [1.29, 1.82) is 0 Å². The summed E-state index contributed by atoms with van der Waals surface area (Å²) < 4.78 is 5.25. The van der Waals surface area contributed by atoms with Crippen molar-refractivity contribution in [1.82, 2.24) is 9.80 Å². The minimum absolute atomic E-state index is 0.129. The Hall–Kier alpha value is -2.24. The Morgan fingerprint density at radius 1 is 1.11 bits per heavy atom. The molecule has 0 atom stereocenters. The third-order valence-corrected chi connectivity index (χ3v) is 5.22. The molecule has 1 saturated heterocycles. The van der Waals surface area contributed by atoms with E-state index >= 15 is 0 Å². The number of benzene rings is 2. The summed E-state index contributed by atoms with van der Waals surface area (Å²) in [6.07, 6.45) is 0. The highest BCUT2D eigenvalue weighted by Gasteiger charge is 2.21. The zero-order valence-electron chi connectivity index (χ0n) is 15.9. The first-order valence-corrected chi connectivity index (χ1v) is 9.53. The third-order valence-electron chi connectivity index (χ3n) is 4.90. The molecule has 1 amide bonds. The number of carbonyl (C=O) groups is 1. The lowest BCUT2D eigenvalue weighted by Gasteiger charge is -2.36. The van der Waals surface area contributed by atoms with E-state index in [4.69, 9.17) is 16.3 Å². The molecule has 144 valence electrons. The smallest absolute Gasteiger partial charge is 0.236 e. The van der Waals surface area contributed by atoms with Crippen LogP contribution in [0.25, 0.3) is 0 Å². The van der Waals surface area contributed by atoms with Crippen molar-refractivity contribution >= 4 is 23.2 Å². The van der Waals surface area contributed by atoms with Crippen molar-refractivity contribution < 1.29 is 9.53 Å². The molecule has 0 saturated carbocycles. The number of hydrogen-bond acceptors (Lipinski definition) is 4. The first-order valence-electron chi connectivity index (χ1n) is 9.15. The van der Waals surface area contributed by atoms with E-state index < -0.39 is 0 Å². The number of anilines is 1. The molecule has 5 nitrogen and oxygen atoms in total. The van der Waals surface area contributed by atoms with Gasteiger partial charge in [0.1, 0.15) is 5.75 Å². The van der Waals surface area contributed by atoms with Gasteiger partial charge in [0, 0.05) is 39.8 Å². The fourth-order valence-electron chi connectivity index (χ4n) is 3.30. The fourth-order valence-corrected chi connectivity index (χ4v) is 3.56. The van der Waals surface area contributed by atoms with Gasteiger partial charge in [-0.05, 0) is 29.8 Å². The second-order valence-electron chi connectivity index (χ2n) is 6.82. The number of piperazine rings is 1. The van der Waals surface area contributed by atoms with E-state index in [1.807, 2.05) is 55.6 Å². The van der Waals surface area contributed by atoms with Gasteiger partial charge in [0.2, 0.25) is 5.91 Å². The minimum Gasteiger partial charge on any atom is -0.497 e. The van der Waals surface area contributed by atoms with Crippen molar-refractivity contribution in [2.45, 2.75) is 6.54 Å². The molecule has 0 unspecified atom stereocenters. The molecule has 0 bridgehead atoms. The number of rotatable bonds is 6. The number of ether oxygens (including phenoxy) is 1. The largest absolute Gasteiger partial charge is 0.497 e. The van der Waals surface area contributed by atoms with Crippen LogP contribution in [0, 0.1) is 0 Å². The van der Waals surface area contributed by atoms with E-state index in [-0.39, 0.29) is 5.91 Å². The highest BCUT2D eigenvalue weighted by Crippen LogP contribution is 2.26. The summed E-state index contributed by atoms with van der Waals surface area (Å²) in [4.78, 5) is 18.9. The topological polar surface area (TPSA) is 36.0 Å². The Kier molecular flexibility index (Phi) is 6.58. The maximum Gasteiger partial charge on any atom is 0.236 e. The number of likely N-dealkylation sites (N-methyl/N-ethyl adjacent to an activating group) is 1. The Labute approximate surface area is 166 Å². The van der Waals surface area contributed by atoms with Crippen LogP contribution in [-0.4, -0.2) is 62.6 Å². The SMILES string of the molecule is COc1cccc(CN(C)C(=O)CN2CCN(c3ccccc3Cl)CC2)c1. The van der Waals surface area contributed by atoms with Crippen LogP contribution in [0.4, 0.5) is 5.69 Å². The molecule has 0 aromatic heterocycles. The Bertz CT molecular complexity index is 776. The zero-order valence-corrected chi connectivity index (χ0v) is 16.7. The number of nitrogens with zero attached hydrogens (tertiary/aromatic N) is 3. The zero-order chi connectivity index (χ0) is 19.2. The Morgan fingerprint density at radius 2 is 1.85 bits per heavy atom. The number of amides is 1. The van der Waals surface area contributed by atoms with Crippen molar-refractivity contribution in [2.24, 2.45) is 0 Å². The third kappa shape index (κ3) is 5.15. The molecule has 1 fully saturated rings. The first kappa shape index (κ1) is 19.5. The maximum absolute atomic E-state index is 12.6. The number of carbonyl (C=O) groups excluding carboxylic acids is 1. The van der Waals surface area contributed by atoms with Gasteiger partial charge in [-0.25, -0.2) is 0 Å². The molecule has 27 heavy (non-hydrogen) atoms. The summed E-state index contributed by atoms with van der Waals surface area (Å²) in [7, 11) is 3.50. The average molecular weight is 388 g/mol. The first-order chi connectivity index (χ1) is 13.1. The van der Waals surface area contributed by atoms with Gasteiger partial charge in [-0.2, -0.15) is 0 Å². The summed E-state index contributed by atoms with van der Waals surface area (Å²) in [5, 5.41) is 0.778. The normalized spacial score (nSPS) is 14.9. The summed E-state index contributed by atoms with van der Waals surface area (Å²) in [6.45, 7) is 4.47. The van der Waals surface area contributed by atoms with Crippen LogP contribution >= 0.6 is 11.6 Å². The predicted molar refractivity (Wildman–Crippen MR) is 110 cm³/mol. The average Bonchev–Trinajstić information content (AvgIpc) is 2.69. The quantitative estimate of drug-likeness (QED) is 0.763. The number of para-hydroxylation sites is 1. The van der Waals surface area contributed by atoms with E-state index in [2.05, 4.69) is 9.80 Å². The number of methoxy groups -OCH3 is 1. The predicted octanol–water partition coefficient (Wildman–Crippen LogP) is 3.13. The van der Waals surface area contributed by atoms with Gasteiger partial charge in [-0.1, -0.05) is 35.9 Å². The van der Waals surface area contributed by atoms with Crippen LogP contribution in [0.2, 0.25) is 5.02 Å². The molecule has 2 aromatic carbocycles. The molecule has 3 rings (SSSR count). The van der Waals surface area contributed by atoms with Crippen LogP contribution in [0.1, 0.15) is 5.56 Å². The number of halogens is 1.